The maximum Gasteiger partial charge on any atom is 0.304 e. The minimum absolute atomic E-state index is 0.346. The highest BCUT2D eigenvalue weighted by Crippen LogP contribution is 2.41. The predicted molar refractivity (Wildman–Crippen MR) is 120 cm³/mol. The zero-order valence-corrected chi connectivity index (χ0v) is 19.3. The Morgan fingerprint density at radius 2 is 1.87 bits per heavy atom. The lowest BCUT2D eigenvalue weighted by Gasteiger charge is -2.38. The van der Waals surface area contributed by atoms with Crippen LogP contribution in [0.15, 0.2) is 48.5 Å². The molecule has 3 rings (SSSR count). The van der Waals surface area contributed by atoms with Crippen LogP contribution in [0.3, 0.4) is 0 Å². The molecule has 0 aliphatic carbocycles. The van der Waals surface area contributed by atoms with Gasteiger partial charge in [-0.3, -0.25) is 4.79 Å². The number of methoxy groups -OCH3 is 1. The molecule has 2 aromatic rings. The first kappa shape index (κ1) is 22.9. The number of para-hydroxylation sites is 1. The van der Waals surface area contributed by atoms with Gasteiger partial charge in [-0.25, -0.2) is 4.31 Å². The minimum atomic E-state index is -3.86. The summed E-state index contributed by atoms with van der Waals surface area (Å²) in [6.45, 7) is 3.56. The molecule has 2 aromatic carbocycles. The molecule has 0 unspecified atom stereocenters. The summed E-state index contributed by atoms with van der Waals surface area (Å²) in [5.74, 6) is 0.913. The Labute approximate surface area is 183 Å². The van der Waals surface area contributed by atoms with Gasteiger partial charge in [0, 0.05) is 26.1 Å². The van der Waals surface area contributed by atoms with E-state index in [-0.39, 0.29) is 12.6 Å². The second-order valence-corrected chi connectivity index (χ2v) is 10.3. The maximum atomic E-state index is 13.0. The molecule has 1 aliphatic rings. The monoisotopic (exact) mass is 447 g/mol. The van der Waals surface area contributed by atoms with Gasteiger partial charge in [-0.2, -0.15) is 12.7 Å². The zero-order chi connectivity index (χ0) is 22.8. The fourth-order valence-corrected chi connectivity index (χ4v) is 4.62. The van der Waals surface area contributed by atoms with Gasteiger partial charge in [0.15, 0.2) is 0 Å². The highest BCUT2D eigenvalue weighted by molar-refractivity contribution is 7.90. The molecule has 1 amide bonds. The number of carbonyl (C=O) groups is 1. The molecule has 0 bridgehead atoms. The van der Waals surface area contributed by atoms with Crippen molar-refractivity contribution in [2.75, 3.05) is 32.1 Å². The third-order valence-electron chi connectivity index (χ3n) is 5.08. The second-order valence-electron chi connectivity index (χ2n) is 8.22. The lowest BCUT2D eigenvalue weighted by atomic mass is 9.89. The van der Waals surface area contributed by atoms with Crippen molar-refractivity contribution in [1.29, 1.82) is 0 Å². The van der Waals surface area contributed by atoms with Crippen LogP contribution in [0.2, 0.25) is 0 Å². The van der Waals surface area contributed by atoms with E-state index < -0.39 is 21.7 Å². The molecule has 0 radical (unpaired) electrons. The van der Waals surface area contributed by atoms with Crippen LogP contribution in [0.5, 0.6) is 11.5 Å². The van der Waals surface area contributed by atoms with Gasteiger partial charge in [0.05, 0.1) is 18.8 Å². The summed E-state index contributed by atoms with van der Waals surface area (Å²) in [6, 6.07) is 13.7. The van der Waals surface area contributed by atoms with Crippen LogP contribution in [-0.4, -0.2) is 52.0 Å². The van der Waals surface area contributed by atoms with Gasteiger partial charge < -0.3 is 14.8 Å². The minimum Gasteiger partial charge on any atom is -0.497 e. The molecular weight excluding hydrogens is 418 g/mol. The number of anilines is 1. The zero-order valence-electron chi connectivity index (χ0n) is 18.5. The Bertz CT molecular complexity index is 1040. The molecule has 0 saturated heterocycles. The van der Waals surface area contributed by atoms with Gasteiger partial charge in [-0.15, -0.1) is 0 Å². The number of hydrogen-bond donors (Lipinski definition) is 1. The Balaban J connectivity index is 1.88. The summed E-state index contributed by atoms with van der Waals surface area (Å²) in [4.78, 5) is 13.0. The number of carbonyl (C=O) groups excluding carboxylic acids is 1. The standard InChI is InChI=1S/C22H29N3O5S/c1-22(2)14-19(18-13-17(29-5)11-12-20(18)30-22)23-21(26)15-25(31(27,28)24(3)4)16-9-7-6-8-10-16/h6-13,19H,14-15H2,1-5H3,(H,23,26)/t19-/m0/s1. The molecule has 9 heteroatoms. The van der Waals surface area contributed by atoms with Crippen molar-refractivity contribution in [3.8, 4) is 11.5 Å². The van der Waals surface area contributed by atoms with Gasteiger partial charge in [0.25, 0.3) is 0 Å². The van der Waals surface area contributed by atoms with Gasteiger partial charge in [-0.05, 0) is 44.2 Å². The first-order chi connectivity index (χ1) is 14.5. The smallest absolute Gasteiger partial charge is 0.304 e. The van der Waals surface area contributed by atoms with Crippen molar-refractivity contribution in [2.45, 2.75) is 31.9 Å². The highest BCUT2D eigenvalue weighted by Gasteiger charge is 2.36. The fraction of sp³-hybridized carbons (Fsp3) is 0.409. The van der Waals surface area contributed by atoms with Crippen molar-refractivity contribution in [3.05, 3.63) is 54.1 Å². The molecule has 1 N–H and O–H groups in total. The van der Waals surface area contributed by atoms with Gasteiger partial charge in [0.2, 0.25) is 5.91 Å². The normalized spacial score (nSPS) is 17.4. The van der Waals surface area contributed by atoms with E-state index in [4.69, 9.17) is 9.47 Å². The quantitative estimate of drug-likeness (QED) is 0.705. The molecule has 31 heavy (non-hydrogen) atoms. The molecule has 0 saturated carbocycles. The summed E-state index contributed by atoms with van der Waals surface area (Å²) in [7, 11) is 0.590. The number of nitrogens with zero attached hydrogens (tertiary/aromatic N) is 2. The number of rotatable bonds is 7. The maximum absolute atomic E-state index is 13.0. The number of benzene rings is 2. The third-order valence-corrected chi connectivity index (χ3v) is 6.90. The van der Waals surface area contributed by atoms with Crippen molar-refractivity contribution in [3.63, 3.8) is 0 Å². The van der Waals surface area contributed by atoms with Gasteiger partial charge in [-0.1, -0.05) is 18.2 Å². The summed E-state index contributed by atoms with van der Waals surface area (Å²) in [5.41, 5.74) is 0.725. The van der Waals surface area contributed by atoms with E-state index >= 15 is 0 Å². The highest BCUT2D eigenvalue weighted by atomic mass is 32.2. The lowest BCUT2D eigenvalue weighted by Crippen LogP contribution is -2.48. The molecular formula is C22H29N3O5S. The summed E-state index contributed by atoms with van der Waals surface area (Å²) >= 11 is 0. The number of fused-ring (bicyclic) bond motifs is 1. The Kier molecular flexibility index (Phi) is 6.47. The van der Waals surface area contributed by atoms with Crippen LogP contribution >= 0.6 is 0 Å². The molecule has 1 atom stereocenters. The van der Waals surface area contributed by atoms with Crippen molar-refractivity contribution >= 4 is 21.8 Å². The van der Waals surface area contributed by atoms with Gasteiger partial charge >= 0.3 is 10.2 Å². The summed E-state index contributed by atoms with van der Waals surface area (Å²) < 4.78 is 39.3. The van der Waals surface area contributed by atoms with Crippen LogP contribution in [0.4, 0.5) is 5.69 Å². The Morgan fingerprint density at radius 3 is 2.48 bits per heavy atom. The van der Waals surface area contributed by atoms with E-state index in [9.17, 15) is 13.2 Å². The molecule has 0 fully saturated rings. The van der Waals surface area contributed by atoms with Crippen molar-refractivity contribution in [2.24, 2.45) is 0 Å². The van der Waals surface area contributed by atoms with E-state index in [1.807, 2.05) is 26.0 Å². The average Bonchev–Trinajstić information content (AvgIpc) is 2.71. The second kappa shape index (κ2) is 8.76. The molecule has 168 valence electrons. The van der Waals surface area contributed by atoms with E-state index in [2.05, 4.69) is 5.32 Å². The first-order valence-electron chi connectivity index (χ1n) is 9.95. The summed E-state index contributed by atoms with van der Waals surface area (Å²) in [6.07, 6.45) is 0.532. The number of nitrogens with one attached hydrogen (secondary N) is 1. The SMILES string of the molecule is COc1ccc2c(c1)[C@@H](NC(=O)CN(c1ccccc1)S(=O)(=O)N(C)C)CC(C)(C)O2. The predicted octanol–water partition coefficient (Wildman–Crippen LogP) is 2.73. The largest absolute Gasteiger partial charge is 0.497 e. The summed E-state index contributed by atoms with van der Waals surface area (Å²) in [5, 5.41) is 2.99. The fourth-order valence-electron chi connectivity index (χ4n) is 3.56. The lowest BCUT2D eigenvalue weighted by molar-refractivity contribution is -0.120. The molecule has 0 spiro atoms. The van der Waals surface area contributed by atoms with E-state index in [1.165, 1.54) is 14.1 Å². The van der Waals surface area contributed by atoms with Gasteiger partial charge in [0.1, 0.15) is 23.6 Å². The average molecular weight is 448 g/mol. The van der Waals surface area contributed by atoms with Crippen LogP contribution in [0.1, 0.15) is 31.9 Å². The molecule has 0 aromatic heterocycles. The van der Waals surface area contributed by atoms with Crippen LogP contribution in [-0.2, 0) is 15.0 Å². The molecule has 1 aliphatic heterocycles. The number of ether oxygens (including phenoxy) is 2. The third kappa shape index (κ3) is 5.11. The molecule has 1 heterocycles. The first-order valence-corrected chi connectivity index (χ1v) is 11.3. The van der Waals surface area contributed by atoms with E-state index in [1.54, 1.807) is 43.5 Å². The molecule has 8 nitrogen and oxygen atoms in total. The van der Waals surface area contributed by atoms with Crippen LogP contribution in [0, 0.1) is 0 Å². The van der Waals surface area contributed by atoms with Crippen LogP contribution in [0.25, 0.3) is 0 Å². The topological polar surface area (TPSA) is 88.2 Å². The Morgan fingerprint density at radius 1 is 1.19 bits per heavy atom. The van der Waals surface area contributed by atoms with E-state index in [0.717, 1.165) is 14.2 Å². The Hall–Kier alpha value is -2.78. The number of amides is 1. The van der Waals surface area contributed by atoms with Crippen molar-refractivity contribution < 1.29 is 22.7 Å². The van der Waals surface area contributed by atoms with Crippen LogP contribution < -0.4 is 19.1 Å². The van der Waals surface area contributed by atoms with Crippen molar-refractivity contribution in [1.82, 2.24) is 9.62 Å². The van der Waals surface area contributed by atoms with E-state index in [0.29, 0.717) is 23.6 Å². The number of hydrogen-bond acceptors (Lipinski definition) is 5.